The Hall–Kier alpha value is -0.120. The van der Waals surface area contributed by atoms with Gasteiger partial charge in [-0.2, -0.15) is 0 Å². The number of hydrogen-bond donors (Lipinski definition) is 1. The van der Waals surface area contributed by atoms with Crippen molar-refractivity contribution in [3.63, 3.8) is 0 Å². The van der Waals surface area contributed by atoms with E-state index in [2.05, 4.69) is 44.7 Å². The van der Waals surface area contributed by atoms with Crippen LogP contribution >= 0.6 is 0 Å². The maximum atomic E-state index is 6.19. The van der Waals surface area contributed by atoms with Crippen LogP contribution in [0.4, 0.5) is 0 Å². The molecule has 0 aromatic heterocycles. The lowest BCUT2D eigenvalue weighted by Gasteiger charge is -2.45. The third-order valence-corrected chi connectivity index (χ3v) is 4.34. The average molecular weight is 255 g/mol. The maximum absolute atomic E-state index is 6.19. The average Bonchev–Trinajstić information content (AvgIpc) is 3.11. The summed E-state index contributed by atoms with van der Waals surface area (Å²) >= 11 is 0. The van der Waals surface area contributed by atoms with Gasteiger partial charge in [0.1, 0.15) is 0 Å². The van der Waals surface area contributed by atoms with Crippen LogP contribution in [0.15, 0.2) is 0 Å². The van der Waals surface area contributed by atoms with Crippen molar-refractivity contribution in [2.24, 2.45) is 17.6 Å². The van der Waals surface area contributed by atoms with Crippen LogP contribution in [0, 0.1) is 11.8 Å². The standard InChI is InChI=1S/C15H33N3/c1-6-15(12-16,14-7-8-14)18(11-13(2)3)10-9-17(4)5/h13-14H,6-12,16H2,1-5H3. The van der Waals surface area contributed by atoms with Gasteiger partial charge in [-0.05, 0) is 45.2 Å². The smallest absolute Gasteiger partial charge is 0.0357 e. The first kappa shape index (κ1) is 15.9. The molecule has 108 valence electrons. The Morgan fingerprint density at radius 2 is 1.83 bits per heavy atom. The number of likely N-dealkylation sites (N-methyl/N-ethyl adjacent to an activating group) is 1. The quantitative estimate of drug-likeness (QED) is 0.684. The highest BCUT2D eigenvalue weighted by atomic mass is 15.2. The van der Waals surface area contributed by atoms with Crippen molar-refractivity contribution in [2.45, 2.75) is 45.6 Å². The SMILES string of the molecule is CCC(CN)(C1CC1)N(CCN(C)C)CC(C)C. The van der Waals surface area contributed by atoms with E-state index in [1.54, 1.807) is 0 Å². The van der Waals surface area contributed by atoms with Crippen molar-refractivity contribution in [1.82, 2.24) is 9.80 Å². The molecule has 1 aliphatic carbocycles. The van der Waals surface area contributed by atoms with Gasteiger partial charge in [-0.3, -0.25) is 4.90 Å². The monoisotopic (exact) mass is 255 g/mol. The van der Waals surface area contributed by atoms with Gasteiger partial charge in [-0.1, -0.05) is 20.8 Å². The summed E-state index contributed by atoms with van der Waals surface area (Å²) in [7, 11) is 4.31. The zero-order valence-corrected chi connectivity index (χ0v) is 13.1. The lowest BCUT2D eigenvalue weighted by atomic mass is 9.87. The number of nitrogens with zero attached hydrogens (tertiary/aromatic N) is 2. The molecule has 0 aromatic rings. The predicted molar refractivity (Wildman–Crippen MR) is 79.8 cm³/mol. The van der Waals surface area contributed by atoms with E-state index >= 15 is 0 Å². The second kappa shape index (κ2) is 6.88. The highest BCUT2D eigenvalue weighted by Crippen LogP contribution is 2.44. The molecule has 1 fully saturated rings. The van der Waals surface area contributed by atoms with Gasteiger partial charge in [0, 0.05) is 31.7 Å². The summed E-state index contributed by atoms with van der Waals surface area (Å²) in [4.78, 5) is 4.96. The van der Waals surface area contributed by atoms with Crippen molar-refractivity contribution < 1.29 is 0 Å². The second-order valence-corrected chi connectivity index (χ2v) is 6.58. The zero-order valence-electron chi connectivity index (χ0n) is 13.1. The Bertz CT molecular complexity index is 230. The highest BCUT2D eigenvalue weighted by Gasteiger charge is 2.46. The molecule has 0 saturated heterocycles. The molecule has 1 saturated carbocycles. The van der Waals surface area contributed by atoms with Gasteiger partial charge in [0.2, 0.25) is 0 Å². The van der Waals surface area contributed by atoms with Crippen LogP contribution in [0.25, 0.3) is 0 Å². The Morgan fingerprint density at radius 1 is 1.22 bits per heavy atom. The largest absolute Gasteiger partial charge is 0.329 e. The molecule has 2 N–H and O–H groups in total. The van der Waals surface area contributed by atoms with Crippen molar-refractivity contribution in [1.29, 1.82) is 0 Å². The summed E-state index contributed by atoms with van der Waals surface area (Å²) in [5.74, 6) is 1.55. The van der Waals surface area contributed by atoms with Crippen LogP contribution in [0.5, 0.6) is 0 Å². The first-order valence-corrected chi connectivity index (χ1v) is 7.56. The number of nitrogens with two attached hydrogens (primary N) is 1. The lowest BCUT2D eigenvalue weighted by Crippen LogP contribution is -2.57. The Labute approximate surface area is 114 Å². The topological polar surface area (TPSA) is 32.5 Å². The van der Waals surface area contributed by atoms with Crippen molar-refractivity contribution in [2.75, 3.05) is 40.3 Å². The van der Waals surface area contributed by atoms with Crippen LogP contribution in [0.3, 0.4) is 0 Å². The Kier molecular flexibility index (Phi) is 6.09. The van der Waals surface area contributed by atoms with E-state index in [9.17, 15) is 0 Å². The zero-order chi connectivity index (χ0) is 13.8. The third-order valence-electron chi connectivity index (χ3n) is 4.34. The molecule has 0 bridgehead atoms. The third kappa shape index (κ3) is 3.94. The molecular weight excluding hydrogens is 222 g/mol. The number of rotatable bonds is 9. The fourth-order valence-electron chi connectivity index (χ4n) is 3.09. The van der Waals surface area contributed by atoms with Crippen LogP contribution in [-0.4, -0.2) is 55.6 Å². The van der Waals surface area contributed by atoms with Crippen molar-refractivity contribution in [3.8, 4) is 0 Å². The van der Waals surface area contributed by atoms with Gasteiger partial charge in [-0.15, -0.1) is 0 Å². The van der Waals surface area contributed by atoms with E-state index in [-0.39, 0.29) is 5.54 Å². The number of hydrogen-bond acceptors (Lipinski definition) is 3. The molecule has 1 aliphatic rings. The molecule has 3 heteroatoms. The summed E-state index contributed by atoms with van der Waals surface area (Å²) < 4.78 is 0. The first-order valence-electron chi connectivity index (χ1n) is 7.56. The Morgan fingerprint density at radius 3 is 2.17 bits per heavy atom. The van der Waals surface area contributed by atoms with Crippen LogP contribution in [-0.2, 0) is 0 Å². The van der Waals surface area contributed by atoms with E-state index in [0.717, 1.165) is 25.6 Å². The molecule has 0 heterocycles. The second-order valence-electron chi connectivity index (χ2n) is 6.58. The molecule has 3 nitrogen and oxygen atoms in total. The molecule has 0 aliphatic heterocycles. The molecule has 18 heavy (non-hydrogen) atoms. The molecule has 1 rings (SSSR count). The van der Waals surface area contributed by atoms with E-state index in [4.69, 9.17) is 5.73 Å². The normalized spacial score (nSPS) is 19.8. The molecule has 1 unspecified atom stereocenters. The lowest BCUT2D eigenvalue weighted by molar-refractivity contribution is 0.0506. The minimum Gasteiger partial charge on any atom is -0.329 e. The van der Waals surface area contributed by atoms with E-state index in [1.807, 2.05) is 0 Å². The van der Waals surface area contributed by atoms with E-state index < -0.39 is 0 Å². The molecule has 0 spiro atoms. The van der Waals surface area contributed by atoms with Crippen LogP contribution in [0.2, 0.25) is 0 Å². The fraction of sp³-hybridized carbons (Fsp3) is 1.00. The first-order chi connectivity index (χ1) is 8.46. The molecule has 1 atom stereocenters. The summed E-state index contributed by atoms with van der Waals surface area (Å²) in [6.45, 7) is 11.2. The molecule has 0 aromatic carbocycles. The van der Waals surface area contributed by atoms with E-state index in [1.165, 1.54) is 25.8 Å². The van der Waals surface area contributed by atoms with E-state index in [0.29, 0.717) is 5.92 Å². The van der Waals surface area contributed by atoms with Gasteiger partial charge in [0.15, 0.2) is 0 Å². The van der Waals surface area contributed by atoms with Gasteiger partial charge < -0.3 is 10.6 Å². The molecular formula is C15H33N3. The summed E-state index contributed by atoms with van der Waals surface area (Å²) in [5.41, 5.74) is 6.45. The molecule has 0 radical (unpaired) electrons. The predicted octanol–water partition coefficient (Wildman–Crippen LogP) is 2.02. The van der Waals surface area contributed by atoms with Crippen LogP contribution in [0.1, 0.15) is 40.0 Å². The molecule has 0 amide bonds. The Balaban J connectivity index is 2.76. The maximum Gasteiger partial charge on any atom is 0.0357 e. The van der Waals surface area contributed by atoms with Crippen molar-refractivity contribution in [3.05, 3.63) is 0 Å². The van der Waals surface area contributed by atoms with Crippen LogP contribution < -0.4 is 5.73 Å². The van der Waals surface area contributed by atoms with Gasteiger partial charge in [0.25, 0.3) is 0 Å². The van der Waals surface area contributed by atoms with Crippen molar-refractivity contribution >= 4 is 0 Å². The fourth-order valence-corrected chi connectivity index (χ4v) is 3.09. The van der Waals surface area contributed by atoms with Gasteiger partial charge in [0.05, 0.1) is 0 Å². The summed E-state index contributed by atoms with van der Waals surface area (Å²) in [6.07, 6.45) is 3.94. The van der Waals surface area contributed by atoms with Gasteiger partial charge >= 0.3 is 0 Å². The summed E-state index contributed by atoms with van der Waals surface area (Å²) in [5, 5.41) is 0. The minimum absolute atomic E-state index is 0.264. The van der Waals surface area contributed by atoms with Gasteiger partial charge in [-0.25, -0.2) is 0 Å². The summed E-state index contributed by atoms with van der Waals surface area (Å²) in [6, 6.07) is 0. The minimum atomic E-state index is 0.264. The highest BCUT2D eigenvalue weighted by molar-refractivity contribution is 5.02.